The van der Waals surface area contributed by atoms with Crippen LogP contribution in [0, 0.1) is 5.92 Å². The summed E-state index contributed by atoms with van der Waals surface area (Å²) in [7, 11) is -3.66. The summed E-state index contributed by atoms with van der Waals surface area (Å²) >= 11 is 6.49. The molecule has 174 valence electrons. The first kappa shape index (κ1) is 27.4. The van der Waals surface area contributed by atoms with E-state index in [4.69, 9.17) is 11.6 Å². The SMILES string of the molecule is CCCCCC[C@](C)(O)[C@@H](C)C(CCC(Cl)CCCC)NS(=O)(=O)c1ccccc1. The van der Waals surface area contributed by atoms with Crippen molar-refractivity contribution in [2.75, 3.05) is 0 Å². The van der Waals surface area contributed by atoms with E-state index in [1.54, 1.807) is 30.3 Å². The van der Waals surface area contributed by atoms with Crippen molar-refractivity contribution < 1.29 is 13.5 Å². The van der Waals surface area contributed by atoms with Gasteiger partial charge in [0, 0.05) is 17.3 Å². The fourth-order valence-electron chi connectivity index (χ4n) is 3.78. The molecule has 2 N–H and O–H groups in total. The lowest BCUT2D eigenvalue weighted by Crippen LogP contribution is -2.48. The molecule has 0 spiro atoms. The molecule has 0 saturated heterocycles. The maximum atomic E-state index is 13.0. The minimum atomic E-state index is -3.66. The van der Waals surface area contributed by atoms with Gasteiger partial charge in [-0.15, -0.1) is 11.6 Å². The van der Waals surface area contributed by atoms with E-state index in [-0.39, 0.29) is 22.2 Å². The van der Waals surface area contributed by atoms with Crippen LogP contribution in [0.3, 0.4) is 0 Å². The third kappa shape index (κ3) is 9.67. The Kier molecular flexibility index (Phi) is 12.5. The monoisotopic (exact) mass is 459 g/mol. The molecule has 0 aliphatic rings. The van der Waals surface area contributed by atoms with Crippen LogP contribution < -0.4 is 4.72 Å². The van der Waals surface area contributed by atoms with Crippen molar-refractivity contribution in [1.29, 1.82) is 0 Å². The number of hydrogen-bond acceptors (Lipinski definition) is 3. The van der Waals surface area contributed by atoms with Gasteiger partial charge < -0.3 is 5.11 Å². The van der Waals surface area contributed by atoms with Gasteiger partial charge in [-0.2, -0.15) is 0 Å². The summed E-state index contributed by atoms with van der Waals surface area (Å²) < 4.78 is 28.8. The normalized spacial score (nSPS) is 17.3. The Bertz CT molecular complexity index is 679. The van der Waals surface area contributed by atoms with E-state index in [9.17, 15) is 13.5 Å². The van der Waals surface area contributed by atoms with E-state index >= 15 is 0 Å². The number of benzene rings is 1. The zero-order chi connectivity index (χ0) is 22.6. The number of unbranched alkanes of at least 4 members (excludes halogenated alkanes) is 4. The molecule has 0 aliphatic heterocycles. The first-order valence-corrected chi connectivity index (χ1v) is 13.5. The largest absolute Gasteiger partial charge is 0.390 e. The topological polar surface area (TPSA) is 66.4 Å². The van der Waals surface area contributed by atoms with Crippen LogP contribution in [0.2, 0.25) is 0 Å². The van der Waals surface area contributed by atoms with Crippen molar-refractivity contribution in [1.82, 2.24) is 4.72 Å². The molecule has 0 bridgehead atoms. The number of hydrogen-bond donors (Lipinski definition) is 2. The molecule has 1 rings (SSSR count). The smallest absolute Gasteiger partial charge is 0.240 e. The van der Waals surface area contributed by atoms with Gasteiger partial charge in [0.25, 0.3) is 0 Å². The van der Waals surface area contributed by atoms with Gasteiger partial charge in [-0.1, -0.05) is 77.5 Å². The number of aliphatic hydroxyl groups is 1. The Labute approximate surface area is 189 Å². The van der Waals surface area contributed by atoms with Crippen molar-refractivity contribution in [3.8, 4) is 0 Å². The lowest BCUT2D eigenvalue weighted by Gasteiger charge is -2.37. The zero-order valence-electron chi connectivity index (χ0n) is 19.2. The molecule has 0 aliphatic carbocycles. The van der Waals surface area contributed by atoms with Gasteiger partial charge in [0.15, 0.2) is 0 Å². The van der Waals surface area contributed by atoms with E-state index in [0.29, 0.717) is 12.8 Å². The molecule has 0 heterocycles. The highest BCUT2D eigenvalue weighted by atomic mass is 35.5. The van der Waals surface area contributed by atoms with Gasteiger partial charge in [-0.05, 0) is 44.7 Å². The lowest BCUT2D eigenvalue weighted by atomic mass is 9.79. The molecule has 4 atom stereocenters. The molecule has 0 fully saturated rings. The summed E-state index contributed by atoms with van der Waals surface area (Å²) in [6.07, 6.45) is 9.41. The third-order valence-corrected chi connectivity index (χ3v) is 8.09. The fraction of sp³-hybridized carbons (Fsp3) is 0.750. The summed E-state index contributed by atoms with van der Waals surface area (Å²) in [5.74, 6) is -0.229. The molecular weight excluding hydrogens is 418 g/mol. The fourth-order valence-corrected chi connectivity index (χ4v) is 5.43. The molecule has 0 saturated carbocycles. The van der Waals surface area contributed by atoms with Gasteiger partial charge in [-0.25, -0.2) is 13.1 Å². The van der Waals surface area contributed by atoms with Crippen LogP contribution in [0.1, 0.15) is 91.9 Å². The molecule has 1 aromatic carbocycles. The zero-order valence-corrected chi connectivity index (χ0v) is 20.8. The molecule has 0 radical (unpaired) electrons. The quantitative estimate of drug-likeness (QED) is 0.226. The average molecular weight is 460 g/mol. The third-order valence-electron chi connectivity index (χ3n) is 6.14. The summed E-state index contributed by atoms with van der Waals surface area (Å²) in [5, 5.41) is 11.2. The maximum Gasteiger partial charge on any atom is 0.240 e. The van der Waals surface area contributed by atoms with E-state index in [1.807, 2.05) is 13.8 Å². The van der Waals surface area contributed by atoms with Gasteiger partial charge >= 0.3 is 0 Å². The van der Waals surface area contributed by atoms with Crippen molar-refractivity contribution >= 4 is 21.6 Å². The first-order valence-electron chi connectivity index (χ1n) is 11.6. The van der Waals surface area contributed by atoms with Gasteiger partial charge in [-0.3, -0.25) is 0 Å². The maximum absolute atomic E-state index is 13.0. The molecule has 2 unspecified atom stereocenters. The van der Waals surface area contributed by atoms with E-state index in [1.165, 1.54) is 0 Å². The highest BCUT2D eigenvalue weighted by Gasteiger charge is 2.36. The second kappa shape index (κ2) is 13.7. The number of halogens is 1. The van der Waals surface area contributed by atoms with Crippen LogP contribution in [0.15, 0.2) is 35.2 Å². The van der Waals surface area contributed by atoms with Crippen LogP contribution in [0.4, 0.5) is 0 Å². The minimum absolute atomic E-state index is 0.0235. The number of rotatable bonds is 16. The molecular formula is C24H42ClNO3S. The van der Waals surface area contributed by atoms with Crippen molar-refractivity contribution in [2.45, 2.75) is 114 Å². The van der Waals surface area contributed by atoms with Crippen molar-refractivity contribution in [3.63, 3.8) is 0 Å². The van der Waals surface area contributed by atoms with E-state index in [0.717, 1.165) is 51.4 Å². The lowest BCUT2D eigenvalue weighted by molar-refractivity contribution is -0.0170. The summed E-state index contributed by atoms with van der Waals surface area (Å²) in [6, 6.07) is 8.05. The Hall–Kier alpha value is -0.620. The molecule has 0 amide bonds. The van der Waals surface area contributed by atoms with Gasteiger partial charge in [0.2, 0.25) is 10.0 Å². The standard InChI is InChI=1S/C24H42ClNO3S/c1-5-7-9-13-19-24(4,27)20(3)23(18-17-21(25)14-8-6-2)26-30(28,29)22-15-11-10-12-16-22/h10-12,15-16,20-21,23,26-27H,5-9,13-14,17-19H2,1-4H3/t20-,21?,23?,24-/m0/s1. The Morgan fingerprint density at radius 3 is 2.23 bits per heavy atom. The van der Waals surface area contributed by atoms with Crippen LogP contribution in [0.25, 0.3) is 0 Å². The molecule has 6 heteroatoms. The van der Waals surface area contributed by atoms with Crippen LogP contribution in [-0.2, 0) is 10.0 Å². The molecule has 4 nitrogen and oxygen atoms in total. The summed E-state index contributed by atoms with van der Waals surface area (Å²) in [6.45, 7) is 8.09. The predicted molar refractivity (Wildman–Crippen MR) is 127 cm³/mol. The average Bonchev–Trinajstić information content (AvgIpc) is 2.72. The van der Waals surface area contributed by atoms with Crippen molar-refractivity contribution in [2.24, 2.45) is 5.92 Å². The van der Waals surface area contributed by atoms with Crippen LogP contribution >= 0.6 is 11.6 Å². The summed E-state index contributed by atoms with van der Waals surface area (Å²) in [4.78, 5) is 0.248. The number of sulfonamides is 1. The van der Waals surface area contributed by atoms with Crippen molar-refractivity contribution in [3.05, 3.63) is 30.3 Å². The number of alkyl halides is 1. The van der Waals surface area contributed by atoms with E-state index in [2.05, 4.69) is 18.6 Å². The highest BCUT2D eigenvalue weighted by Crippen LogP contribution is 2.30. The second-order valence-electron chi connectivity index (χ2n) is 8.81. The number of nitrogens with one attached hydrogen (secondary N) is 1. The molecule has 30 heavy (non-hydrogen) atoms. The summed E-state index contributed by atoms with van der Waals surface area (Å²) in [5.41, 5.74) is -0.942. The molecule has 1 aromatic rings. The van der Waals surface area contributed by atoms with Gasteiger partial charge in [0.1, 0.15) is 0 Å². The Balaban J connectivity index is 2.92. The predicted octanol–water partition coefficient (Wildman–Crippen LogP) is 6.27. The highest BCUT2D eigenvalue weighted by molar-refractivity contribution is 7.89. The Morgan fingerprint density at radius 2 is 1.63 bits per heavy atom. The van der Waals surface area contributed by atoms with E-state index < -0.39 is 15.6 Å². The van der Waals surface area contributed by atoms with Crippen LogP contribution in [-0.4, -0.2) is 30.5 Å². The Morgan fingerprint density at radius 1 is 1.00 bits per heavy atom. The second-order valence-corrected chi connectivity index (χ2v) is 11.1. The van der Waals surface area contributed by atoms with Gasteiger partial charge in [0.05, 0.1) is 10.5 Å². The molecule has 0 aromatic heterocycles. The first-order chi connectivity index (χ1) is 14.1. The van der Waals surface area contributed by atoms with Crippen LogP contribution in [0.5, 0.6) is 0 Å². The minimum Gasteiger partial charge on any atom is -0.390 e.